The van der Waals surface area contributed by atoms with Crippen molar-refractivity contribution in [3.8, 4) is 0 Å². The van der Waals surface area contributed by atoms with Gasteiger partial charge in [-0.2, -0.15) is 0 Å². The molecule has 144 valence electrons. The first-order chi connectivity index (χ1) is 12.7. The average Bonchev–Trinajstić information content (AvgIpc) is 2.57. The summed E-state index contributed by atoms with van der Waals surface area (Å²) in [6, 6.07) is 4.65. The SMILES string of the molecule is C=C(F)/C(=C(F)\C=C(/C)F)C1C(CC)C(=O)C=CN1c1cccc(C)c1C. The third-order valence-electron chi connectivity index (χ3n) is 4.91. The standard InChI is InChI=1S/C22H24F3NO/c1-6-17-20(27)10-11-26(19-9-7-8-13(2)15(19)4)22(17)21(16(5)24)18(25)12-14(3)23/h7-12,17,22H,5-6H2,1-4H3/b14-12+,21-18-. The van der Waals surface area contributed by atoms with Crippen LogP contribution >= 0.6 is 0 Å². The van der Waals surface area contributed by atoms with E-state index in [1.54, 1.807) is 11.8 Å². The van der Waals surface area contributed by atoms with Crippen LogP contribution in [0.5, 0.6) is 0 Å². The normalized spacial score (nSPS) is 21.4. The predicted molar refractivity (Wildman–Crippen MR) is 103 cm³/mol. The van der Waals surface area contributed by atoms with E-state index in [4.69, 9.17) is 0 Å². The molecule has 0 radical (unpaired) electrons. The summed E-state index contributed by atoms with van der Waals surface area (Å²) in [7, 11) is 0. The molecule has 0 N–H and O–H groups in total. The van der Waals surface area contributed by atoms with Crippen LogP contribution < -0.4 is 4.90 Å². The van der Waals surface area contributed by atoms with Crippen molar-refractivity contribution in [3.05, 3.63) is 77.3 Å². The molecule has 0 spiro atoms. The Bertz CT molecular complexity index is 847. The van der Waals surface area contributed by atoms with Crippen LogP contribution in [0.3, 0.4) is 0 Å². The van der Waals surface area contributed by atoms with Gasteiger partial charge in [0.2, 0.25) is 0 Å². The lowest BCUT2D eigenvalue weighted by molar-refractivity contribution is -0.119. The van der Waals surface area contributed by atoms with Crippen LogP contribution in [0.15, 0.2) is 66.2 Å². The van der Waals surface area contributed by atoms with Crippen molar-refractivity contribution in [2.45, 2.75) is 40.2 Å². The lowest BCUT2D eigenvalue weighted by Crippen LogP contribution is -2.45. The number of carbonyl (C=O) groups excluding carboxylic acids is 1. The number of nitrogens with zero attached hydrogens (tertiary/aromatic N) is 1. The van der Waals surface area contributed by atoms with Crippen molar-refractivity contribution in [1.82, 2.24) is 0 Å². The van der Waals surface area contributed by atoms with Crippen LogP contribution in [-0.4, -0.2) is 11.8 Å². The topological polar surface area (TPSA) is 20.3 Å². The Morgan fingerprint density at radius 3 is 2.48 bits per heavy atom. The molecule has 0 amide bonds. The van der Waals surface area contributed by atoms with Crippen LogP contribution in [0, 0.1) is 19.8 Å². The van der Waals surface area contributed by atoms with Gasteiger partial charge in [-0.25, -0.2) is 13.2 Å². The summed E-state index contributed by atoms with van der Waals surface area (Å²) in [5.74, 6) is -3.79. The number of rotatable bonds is 5. The first-order valence-corrected chi connectivity index (χ1v) is 8.83. The van der Waals surface area contributed by atoms with Gasteiger partial charge in [-0.05, 0) is 50.5 Å². The van der Waals surface area contributed by atoms with Gasteiger partial charge in [0.05, 0.1) is 11.9 Å². The van der Waals surface area contributed by atoms with E-state index in [0.29, 0.717) is 12.5 Å². The van der Waals surface area contributed by atoms with Crippen molar-refractivity contribution in [1.29, 1.82) is 0 Å². The summed E-state index contributed by atoms with van der Waals surface area (Å²) < 4.78 is 42.4. The fraction of sp³-hybridized carbons (Fsp3) is 0.318. The molecule has 2 atom stereocenters. The molecule has 1 heterocycles. The molecule has 27 heavy (non-hydrogen) atoms. The number of anilines is 1. The third kappa shape index (κ3) is 4.24. The van der Waals surface area contributed by atoms with Gasteiger partial charge in [-0.1, -0.05) is 25.6 Å². The Morgan fingerprint density at radius 1 is 1.26 bits per heavy atom. The Hall–Kier alpha value is -2.56. The van der Waals surface area contributed by atoms with Crippen molar-refractivity contribution in [3.63, 3.8) is 0 Å². The first-order valence-electron chi connectivity index (χ1n) is 8.83. The minimum atomic E-state index is -1.07. The number of halogens is 3. The van der Waals surface area contributed by atoms with Gasteiger partial charge in [-0.15, -0.1) is 0 Å². The number of ketones is 1. The van der Waals surface area contributed by atoms with Gasteiger partial charge in [0.1, 0.15) is 11.7 Å². The highest BCUT2D eigenvalue weighted by Crippen LogP contribution is 2.38. The van der Waals surface area contributed by atoms with Crippen molar-refractivity contribution in [2.24, 2.45) is 5.92 Å². The zero-order valence-electron chi connectivity index (χ0n) is 16.0. The van der Waals surface area contributed by atoms with Crippen molar-refractivity contribution < 1.29 is 18.0 Å². The van der Waals surface area contributed by atoms with Gasteiger partial charge in [0, 0.05) is 29.5 Å². The second-order valence-corrected chi connectivity index (χ2v) is 6.70. The summed E-state index contributed by atoms with van der Waals surface area (Å²) in [5, 5.41) is 0. The van der Waals surface area contributed by atoms with E-state index in [2.05, 4.69) is 6.58 Å². The highest BCUT2D eigenvalue weighted by Gasteiger charge is 2.39. The number of allylic oxidation sites excluding steroid dienone is 4. The van der Waals surface area contributed by atoms with Gasteiger partial charge >= 0.3 is 0 Å². The van der Waals surface area contributed by atoms with Crippen molar-refractivity contribution in [2.75, 3.05) is 4.90 Å². The Balaban J connectivity index is 2.76. The first kappa shape index (κ1) is 20.7. The molecule has 1 aliphatic rings. The lowest BCUT2D eigenvalue weighted by atomic mass is 9.82. The minimum absolute atomic E-state index is 0.225. The molecule has 0 fully saturated rings. The Morgan fingerprint density at radius 2 is 1.93 bits per heavy atom. The number of hydrogen-bond acceptors (Lipinski definition) is 2. The smallest absolute Gasteiger partial charge is 0.162 e. The van der Waals surface area contributed by atoms with Crippen LogP contribution in [0.1, 0.15) is 31.4 Å². The molecule has 2 rings (SSSR count). The molecule has 5 heteroatoms. The van der Waals surface area contributed by atoms with Gasteiger partial charge in [0.15, 0.2) is 5.78 Å². The predicted octanol–water partition coefficient (Wildman–Crippen LogP) is 6.18. The van der Waals surface area contributed by atoms with E-state index in [9.17, 15) is 18.0 Å². The quantitative estimate of drug-likeness (QED) is 0.573. The average molecular weight is 375 g/mol. The molecule has 2 unspecified atom stereocenters. The Kier molecular flexibility index (Phi) is 6.47. The summed E-state index contributed by atoms with van der Waals surface area (Å²) >= 11 is 0. The molecule has 0 bridgehead atoms. The summed E-state index contributed by atoms with van der Waals surface area (Å²) in [4.78, 5) is 14.1. The molecule has 1 aromatic rings. The maximum absolute atomic E-state index is 14.8. The third-order valence-corrected chi connectivity index (χ3v) is 4.91. The highest BCUT2D eigenvalue weighted by molar-refractivity contribution is 5.95. The maximum Gasteiger partial charge on any atom is 0.162 e. The molecule has 0 aromatic heterocycles. The second-order valence-electron chi connectivity index (χ2n) is 6.70. The minimum Gasteiger partial charge on any atom is -0.339 e. The number of benzene rings is 1. The van der Waals surface area contributed by atoms with E-state index in [1.165, 1.54) is 12.3 Å². The van der Waals surface area contributed by atoms with E-state index in [1.807, 2.05) is 32.0 Å². The zero-order chi connectivity index (χ0) is 20.3. The number of aryl methyl sites for hydroxylation is 1. The number of carbonyl (C=O) groups is 1. The van der Waals surface area contributed by atoms with Crippen LogP contribution in [-0.2, 0) is 4.79 Å². The van der Waals surface area contributed by atoms with E-state index in [0.717, 1.165) is 23.7 Å². The van der Waals surface area contributed by atoms with E-state index >= 15 is 0 Å². The highest BCUT2D eigenvalue weighted by atomic mass is 19.1. The molecule has 1 aliphatic heterocycles. The van der Waals surface area contributed by atoms with Gasteiger partial charge in [-0.3, -0.25) is 4.79 Å². The second kappa shape index (κ2) is 8.42. The molecular formula is C22H24F3NO. The largest absolute Gasteiger partial charge is 0.339 e. The summed E-state index contributed by atoms with van der Waals surface area (Å²) in [6.45, 7) is 9.94. The van der Waals surface area contributed by atoms with Crippen molar-refractivity contribution >= 4 is 11.5 Å². The summed E-state index contributed by atoms with van der Waals surface area (Å²) in [5.41, 5.74) is 2.26. The molecule has 1 aromatic carbocycles. The maximum atomic E-state index is 14.8. The monoisotopic (exact) mass is 375 g/mol. The lowest BCUT2D eigenvalue weighted by Gasteiger charge is -2.40. The molecule has 0 aliphatic carbocycles. The fourth-order valence-corrected chi connectivity index (χ4v) is 3.41. The zero-order valence-corrected chi connectivity index (χ0v) is 16.0. The van der Waals surface area contributed by atoms with E-state index in [-0.39, 0.29) is 5.78 Å². The Labute approximate surface area is 158 Å². The van der Waals surface area contributed by atoms with Crippen LogP contribution in [0.25, 0.3) is 0 Å². The van der Waals surface area contributed by atoms with Crippen LogP contribution in [0.2, 0.25) is 0 Å². The van der Waals surface area contributed by atoms with E-state index < -0.39 is 35.0 Å². The van der Waals surface area contributed by atoms with Gasteiger partial charge in [0.25, 0.3) is 0 Å². The summed E-state index contributed by atoms with van der Waals surface area (Å²) in [6.07, 6.45) is 3.94. The van der Waals surface area contributed by atoms with Gasteiger partial charge < -0.3 is 4.90 Å². The van der Waals surface area contributed by atoms with Crippen LogP contribution in [0.4, 0.5) is 18.9 Å². The molecule has 2 nitrogen and oxygen atoms in total. The fourth-order valence-electron chi connectivity index (χ4n) is 3.41. The molecule has 0 saturated carbocycles. The molecular weight excluding hydrogens is 351 g/mol. The number of hydrogen-bond donors (Lipinski definition) is 0. The molecule has 0 saturated heterocycles.